The van der Waals surface area contributed by atoms with Crippen molar-refractivity contribution in [3.05, 3.63) is 95.3 Å². The lowest BCUT2D eigenvalue weighted by atomic mass is 9.98. The van der Waals surface area contributed by atoms with E-state index in [0.717, 1.165) is 17.2 Å². The molecule has 0 aliphatic heterocycles. The van der Waals surface area contributed by atoms with E-state index >= 15 is 0 Å². The Morgan fingerprint density at radius 1 is 1.00 bits per heavy atom. The van der Waals surface area contributed by atoms with Crippen LogP contribution in [-0.2, 0) is 4.74 Å². The van der Waals surface area contributed by atoms with Crippen LogP contribution in [0.15, 0.2) is 66.7 Å². The molecule has 3 aromatic rings. The van der Waals surface area contributed by atoms with Gasteiger partial charge in [-0.2, -0.15) is 13.8 Å². The quantitative estimate of drug-likeness (QED) is 0.446. The summed E-state index contributed by atoms with van der Waals surface area (Å²) in [5.74, 6) is -1.71. The summed E-state index contributed by atoms with van der Waals surface area (Å²) >= 11 is 0. The summed E-state index contributed by atoms with van der Waals surface area (Å²) in [7, 11) is 0. The molecule has 4 nitrogen and oxygen atoms in total. The predicted octanol–water partition coefficient (Wildman–Crippen LogP) is 5.30. The average molecular weight is 406 g/mol. The second-order valence-corrected chi connectivity index (χ2v) is 6.96. The van der Waals surface area contributed by atoms with Crippen LogP contribution in [0.3, 0.4) is 0 Å². The van der Waals surface area contributed by atoms with Crippen LogP contribution in [-0.4, -0.2) is 24.2 Å². The Morgan fingerprint density at radius 3 is 2.33 bits per heavy atom. The van der Waals surface area contributed by atoms with Gasteiger partial charge in [0.25, 0.3) is 0 Å². The Balaban J connectivity index is 1.28. The third-order valence-corrected chi connectivity index (χ3v) is 5.07. The lowest BCUT2D eigenvalue weighted by Gasteiger charge is -2.14. The monoisotopic (exact) mass is 406 g/mol. The third kappa shape index (κ3) is 4.22. The lowest BCUT2D eigenvalue weighted by Crippen LogP contribution is -2.26. The maximum absolute atomic E-state index is 13.5. The Hall–Kier alpha value is -3.54. The minimum Gasteiger partial charge on any atom is -0.449 e. The summed E-state index contributed by atoms with van der Waals surface area (Å²) in [6.07, 6.45) is 3.16. The van der Waals surface area contributed by atoms with Crippen molar-refractivity contribution in [3.8, 4) is 11.1 Å². The number of nitrogens with one attached hydrogen (secondary N) is 1. The lowest BCUT2D eigenvalue weighted by molar-refractivity contribution is 0.143. The van der Waals surface area contributed by atoms with Crippen molar-refractivity contribution < 1.29 is 18.3 Å². The second kappa shape index (κ2) is 8.86. The highest BCUT2D eigenvalue weighted by Crippen LogP contribution is 2.44. The highest BCUT2D eigenvalue weighted by molar-refractivity contribution is 5.79. The first kappa shape index (κ1) is 19.8. The van der Waals surface area contributed by atoms with Crippen molar-refractivity contribution in [1.29, 1.82) is 0 Å². The molecule has 30 heavy (non-hydrogen) atoms. The first-order valence-electron chi connectivity index (χ1n) is 9.71. The molecule has 1 amide bonds. The van der Waals surface area contributed by atoms with Crippen LogP contribution in [0.2, 0.25) is 0 Å². The smallest absolute Gasteiger partial charge is 0.407 e. The molecule has 0 fully saturated rings. The zero-order chi connectivity index (χ0) is 20.9. The molecular formula is C24H20F2N2O2. The van der Waals surface area contributed by atoms with Crippen LogP contribution in [0.1, 0.15) is 29.0 Å². The first-order valence-corrected chi connectivity index (χ1v) is 9.71. The molecule has 1 N–H and O–H groups in total. The Morgan fingerprint density at radius 2 is 1.67 bits per heavy atom. The number of hydrogen-bond donors (Lipinski definition) is 1. The molecule has 0 radical (unpaired) electrons. The number of amides is 1. The molecule has 0 atom stereocenters. The summed E-state index contributed by atoms with van der Waals surface area (Å²) in [6.45, 7) is 0.589. The highest BCUT2D eigenvalue weighted by atomic mass is 19.1. The average Bonchev–Trinajstić information content (AvgIpc) is 3.07. The zero-order valence-corrected chi connectivity index (χ0v) is 16.1. The minimum absolute atomic E-state index is 0.0111. The van der Waals surface area contributed by atoms with E-state index in [1.807, 2.05) is 24.3 Å². The molecule has 2 aromatic carbocycles. The number of benzene rings is 2. The number of alkyl carbamates (subject to hydrolysis) is 1. The first-order chi connectivity index (χ1) is 14.6. The Bertz CT molecular complexity index is 1050. The molecule has 1 aromatic heterocycles. The van der Waals surface area contributed by atoms with Crippen LogP contribution in [0.5, 0.6) is 0 Å². The van der Waals surface area contributed by atoms with Crippen molar-refractivity contribution >= 4 is 12.2 Å². The number of aromatic nitrogens is 1. The fourth-order valence-corrected chi connectivity index (χ4v) is 3.66. The molecule has 0 unspecified atom stereocenters. The van der Waals surface area contributed by atoms with Crippen molar-refractivity contribution in [2.75, 3.05) is 13.2 Å². The number of fused-ring (bicyclic) bond motifs is 3. The van der Waals surface area contributed by atoms with Crippen LogP contribution < -0.4 is 5.32 Å². The maximum atomic E-state index is 13.5. The van der Waals surface area contributed by atoms with Crippen molar-refractivity contribution in [2.24, 2.45) is 0 Å². The molecular weight excluding hydrogens is 386 g/mol. The number of carbonyl (C=O) groups is 1. The number of ether oxygens (including phenoxy) is 1. The predicted molar refractivity (Wildman–Crippen MR) is 111 cm³/mol. The number of halogens is 2. The molecule has 152 valence electrons. The van der Waals surface area contributed by atoms with Gasteiger partial charge in [0.15, 0.2) is 0 Å². The number of rotatable bonds is 6. The van der Waals surface area contributed by atoms with Crippen LogP contribution in [0, 0.1) is 11.9 Å². The van der Waals surface area contributed by atoms with Gasteiger partial charge in [0.1, 0.15) is 6.61 Å². The summed E-state index contributed by atoms with van der Waals surface area (Å²) in [5, 5.41) is 2.68. The minimum atomic E-state index is -0.865. The molecule has 0 saturated carbocycles. The van der Waals surface area contributed by atoms with E-state index in [2.05, 4.69) is 34.6 Å². The standard InChI is InChI=1S/C24H20F2N2O2/c25-22-13-12-16(23(26)28-22)7-5-6-14-27-24(29)30-15-21-19-10-3-1-8-17(19)18-9-2-4-11-20(18)21/h1-5,7-13,21H,6,14-15H2,(H,27,29). The Kier molecular flexibility index (Phi) is 5.84. The third-order valence-electron chi connectivity index (χ3n) is 5.07. The van der Waals surface area contributed by atoms with Gasteiger partial charge in [-0.3, -0.25) is 0 Å². The van der Waals surface area contributed by atoms with Gasteiger partial charge in [-0.05, 0) is 40.8 Å². The van der Waals surface area contributed by atoms with E-state index in [9.17, 15) is 13.6 Å². The number of pyridine rings is 1. The van der Waals surface area contributed by atoms with Gasteiger partial charge in [-0.25, -0.2) is 4.79 Å². The van der Waals surface area contributed by atoms with Crippen molar-refractivity contribution in [1.82, 2.24) is 10.3 Å². The molecule has 0 spiro atoms. The molecule has 1 heterocycles. The van der Waals surface area contributed by atoms with Gasteiger partial charge in [-0.15, -0.1) is 0 Å². The molecule has 0 saturated heterocycles. The van der Waals surface area contributed by atoms with Gasteiger partial charge < -0.3 is 10.1 Å². The van der Waals surface area contributed by atoms with Gasteiger partial charge in [-0.1, -0.05) is 60.7 Å². The molecule has 1 aliphatic carbocycles. The fourth-order valence-electron chi connectivity index (χ4n) is 3.66. The van der Waals surface area contributed by atoms with Crippen molar-refractivity contribution in [2.45, 2.75) is 12.3 Å². The van der Waals surface area contributed by atoms with Gasteiger partial charge >= 0.3 is 6.09 Å². The maximum Gasteiger partial charge on any atom is 0.407 e. The normalized spacial score (nSPS) is 12.6. The summed E-state index contributed by atoms with van der Waals surface area (Å²) in [6, 6.07) is 18.7. The molecule has 1 aliphatic rings. The van der Waals surface area contributed by atoms with Crippen LogP contribution in [0.4, 0.5) is 13.6 Å². The SMILES string of the molecule is O=C(NCCC=Cc1ccc(F)nc1F)OCC1c2ccccc2-c2ccccc21. The molecule has 6 heteroatoms. The van der Waals surface area contributed by atoms with Gasteiger partial charge in [0, 0.05) is 18.0 Å². The van der Waals surface area contributed by atoms with Crippen LogP contribution in [0.25, 0.3) is 17.2 Å². The zero-order valence-electron chi connectivity index (χ0n) is 16.1. The summed E-state index contributed by atoms with van der Waals surface area (Å²) in [4.78, 5) is 15.2. The van der Waals surface area contributed by atoms with E-state index in [1.54, 1.807) is 6.08 Å². The molecule has 0 bridgehead atoms. The Labute approximate surface area is 173 Å². The van der Waals surface area contributed by atoms with E-state index in [1.165, 1.54) is 23.3 Å². The molecule has 4 rings (SSSR count). The largest absolute Gasteiger partial charge is 0.449 e. The van der Waals surface area contributed by atoms with Crippen molar-refractivity contribution in [3.63, 3.8) is 0 Å². The fraction of sp³-hybridized carbons (Fsp3) is 0.167. The van der Waals surface area contributed by atoms with Gasteiger partial charge in [0.2, 0.25) is 11.9 Å². The second-order valence-electron chi connectivity index (χ2n) is 6.96. The van der Waals surface area contributed by atoms with Gasteiger partial charge in [0.05, 0.1) is 0 Å². The summed E-state index contributed by atoms with van der Waals surface area (Å²) < 4.78 is 31.7. The van der Waals surface area contributed by atoms with E-state index in [4.69, 9.17) is 4.74 Å². The van der Waals surface area contributed by atoms with Crippen LogP contribution >= 0.6 is 0 Å². The van der Waals surface area contributed by atoms with E-state index < -0.39 is 18.0 Å². The number of hydrogen-bond acceptors (Lipinski definition) is 3. The number of carbonyl (C=O) groups excluding carboxylic acids is 1. The number of nitrogens with zero attached hydrogens (tertiary/aromatic N) is 1. The van der Waals surface area contributed by atoms with E-state index in [0.29, 0.717) is 13.0 Å². The summed E-state index contributed by atoms with van der Waals surface area (Å²) in [5.41, 5.74) is 4.86. The highest BCUT2D eigenvalue weighted by Gasteiger charge is 2.28. The topological polar surface area (TPSA) is 51.2 Å². The van der Waals surface area contributed by atoms with E-state index in [-0.39, 0.29) is 18.1 Å².